The van der Waals surface area contributed by atoms with E-state index in [2.05, 4.69) is 58.5 Å². The second-order valence-electron chi connectivity index (χ2n) is 5.65. The number of hydrogen-bond donors (Lipinski definition) is 1. The van der Waals surface area contributed by atoms with E-state index in [1.54, 1.807) is 0 Å². The molecule has 1 aliphatic rings. The molecule has 0 unspecified atom stereocenters. The van der Waals surface area contributed by atoms with Gasteiger partial charge in [-0.25, -0.2) is 4.98 Å². The highest BCUT2D eigenvalue weighted by Gasteiger charge is 2.19. The van der Waals surface area contributed by atoms with Crippen LogP contribution in [0.3, 0.4) is 0 Å². The van der Waals surface area contributed by atoms with Crippen molar-refractivity contribution in [1.29, 1.82) is 0 Å². The normalized spacial score (nSPS) is 16.0. The largest absolute Gasteiger partial charge is 0.382 e. The molecule has 0 atom stereocenters. The molecule has 21 heavy (non-hydrogen) atoms. The fourth-order valence-corrected chi connectivity index (χ4v) is 2.91. The minimum Gasteiger partial charge on any atom is -0.382 e. The van der Waals surface area contributed by atoms with Crippen LogP contribution in [0.2, 0.25) is 0 Å². The van der Waals surface area contributed by atoms with E-state index in [1.165, 1.54) is 11.3 Å². The van der Waals surface area contributed by atoms with Crippen molar-refractivity contribution >= 4 is 11.5 Å². The average Bonchev–Trinajstić information content (AvgIpc) is 2.56. The number of benzene rings is 1. The summed E-state index contributed by atoms with van der Waals surface area (Å²) in [5.41, 5.74) is 2.65. The summed E-state index contributed by atoms with van der Waals surface area (Å²) in [6, 6.07) is 15.5. The summed E-state index contributed by atoms with van der Waals surface area (Å²) in [6.45, 7) is 4.34. The van der Waals surface area contributed by atoms with Crippen LogP contribution in [-0.4, -0.2) is 24.1 Å². The number of aryl methyl sites for hydroxylation is 1. The van der Waals surface area contributed by atoms with E-state index in [0.29, 0.717) is 6.04 Å². The van der Waals surface area contributed by atoms with Crippen LogP contribution in [-0.2, 0) is 6.42 Å². The van der Waals surface area contributed by atoms with E-state index in [4.69, 9.17) is 0 Å². The van der Waals surface area contributed by atoms with Gasteiger partial charge in [-0.2, -0.15) is 0 Å². The molecule has 1 N–H and O–H groups in total. The van der Waals surface area contributed by atoms with Crippen molar-refractivity contribution < 1.29 is 0 Å². The fraction of sp³-hybridized carbons (Fsp3) is 0.389. The number of nitrogens with one attached hydrogen (secondary N) is 1. The Kier molecular flexibility index (Phi) is 4.39. The molecule has 2 heterocycles. The Bertz CT molecular complexity index is 560. The zero-order chi connectivity index (χ0) is 14.5. The lowest BCUT2D eigenvalue weighted by molar-refractivity contribution is 0.523. The second kappa shape index (κ2) is 6.61. The number of nitrogens with zero attached hydrogens (tertiary/aromatic N) is 2. The smallest absolute Gasteiger partial charge is 0.128 e. The van der Waals surface area contributed by atoms with Gasteiger partial charge < -0.3 is 10.2 Å². The summed E-state index contributed by atoms with van der Waals surface area (Å²) in [6.07, 6.45) is 5.28. The third-order valence-corrected chi connectivity index (χ3v) is 4.17. The van der Waals surface area contributed by atoms with Crippen LogP contribution in [0, 0.1) is 0 Å². The molecular weight excluding hydrogens is 258 g/mol. The maximum absolute atomic E-state index is 4.44. The molecule has 1 fully saturated rings. The third kappa shape index (κ3) is 3.54. The summed E-state index contributed by atoms with van der Waals surface area (Å²) in [4.78, 5) is 6.82. The SMILES string of the molecule is CCc1cccc(NC2CCN(c3ccccn3)CC2)c1. The van der Waals surface area contributed by atoms with E-state index in [0.717, 1.165) is 38.2 Å². The van der Waals surface area contributed by atoms with Crippen LogP contribution in [0.5, 0.6) is 0 Å². The van der Waals surface area contributed by atoms with Gasteiger partial charge in [0, 0.05) is 31.0 Å². The molecule has 0 spiro atoms. The number of rotatable bonds is 4. The predicted octanol–water partition coefficient (Wildman–Crippen LogP) is 3.72. The minimum absolute atomic E-state index is 0.567. The lowest BCUT2D eigenvalue weighted by Gasteiger charge is -2.33. The topological polar surface area (TPSA) is 28.2 Å². The molecule has 110 valence electrons. The molecule has 0 aliphatic carbocycles. The van der Waals surface area contributed by atoms with Gasteiger partial charge >= 0.3 is 0 Å². The molecule has 2 aromatic rings. The summed E-state index contributed by atoms with van der Waals surface area (Å²) >= 11 is 0. The Hall–Kier alpha value is -2.03. The van der Waals surface area contributed by atoms with Crippen LogP contribution in [0.1, 0.15) is 25.3 Å². The van der Waals surface area contributed by atoms with E-state index < -0.39 is 0 Å². The van der Waals surface area contributed by atoms with Crippen molar-refractivity contribution in [3.05, 3.63) is 54.2 Å². The molecule has 0 amide bonds. The number of hydrogen-bond acceptors (Lipinski definition) is 3. The van der Waals surface area contributed by atoms with Crippen LogP contribution >= 0.6 is 0 Å². The molecule has 3 rings (SSSR count). The standard InChI is InChI=1S/C18H23N3/c1-2-15-6-5-7-17(14-15)20-16-9-12-21(13-10-16)18-8-3-4-11-19-18/h3-8,11,14,16,20H,2,9-10,12-13H2,1H3. The predicted molar refractivity (Wildman–Crippen MR) is 88.9 cm³/mol. The van der Waals surface area contributed by atoms with Crippen molar-refractivity contribution in [2.24, 2.45) is 0 Å². The molecule has 1 saturated heterocycles. The number of aromatic nitrogens is 1. The first-order valence-corrected chi connectivity index (χ1v) is 7.86. The summed E-state index contributed by atoms with van der Waals surface area (Å²) < 4.78 is 0. The molecule has 3 nitrogen and oxygen atoms in total. The quantitative estimate of drug-likeness (QED) is 0.925. The van der Waals surface area contributed by atoms with Gasteiger partial charge in [-0.15, -0.1) is 0 Å². The highest BCUT2D eigenvalue weighted by molar-refractivity contribution is 5.47. The molecular formula is C18H23N3. The van der Waals surface area contributed by atoms with Crippen molar-refractivity contribution in [1.82, 2.24) is 4.98 Å². The van der Waals surface area contributed by atoms with Crippen LogP contribution in [0.25, 0.3) is 0 Å². The van der Waals surface area contributed by atoms with Crippen LogP contribution in [0.4, 0.5) is 11.5 Å². The summed E-state index contributed by atoms with van der Waals surface area (Å²) in [5.74, 6) is 1.10. The Balaban J connectivity index is 1.56. The number of anilines is 2. The van der Waals surface area contributed by atoms with Gasteiger partial charge in [-0.1, -0.05) is 25.1 Å². The van der Waals surface area contributed by atoms with Crippen molar-refractivity contribution in [3.8, 4) is 0 Å². The van der Waals surface area contributed by atoms with Crippen molar-refractivity contribution in [2.75, 3.05) is 23.3 Å². The van der Waals surface area contributed by atoms with Crippen LogP contribution in [0.15, 0.2) is 48.7 Å². The second-order valence-corrected chi connectivity index (χ2v) is 5.65. The first-order chi connectivity index (χ1) is 10.3. The highest BCUT2D eigenvalue weighted by Crippen LogP contribution is 2.21. The van der Waals surface area contributed by atoms with Crippen LogP contribution < -0.4 is 10.2 Å². The lowest BCUT2D eigenvalue weighted by atomic mass is 10.0. The fourth-order valence-electron chi connectivity index (χ4n) is 2.91. The maximum atomic E-state index is 4.44. The molecule has 0 bridgehead atoms. The van der Waals surface area contributed by atoms with Gasteiger partial charge in [-0.05, 0) is 49.1 Å². The number of pyridine rings is 1. The maximum Gasteiger partial charge on any atom is 0.128 e. The zero-order valence-electron chi connectivity index (χ0n) is 12.6. The van der Waals surface area contributed by atoms with Gasteiger partial charge in [0.2, 0.25) is 0 Å². The summed E-state index contributed by atoms with van der Waals surface area (Å²) in [5, 5.41) is 3.68. The molecule has 1 aromatic carbocycles. The molecule has 1 aromatic heterocycles. The first-order valence-electron chi connectivity index (χ1n) is 7.86. The van der Waals surface area contributed by atoms with E-state index in [9.17, 15) is 0 Å². The van der Waals surface area contributed by atoms with E-state index in [-0.39, 0.29) is 0 Å². The molecule has 0 saturated carbocycles. The zero-order valence-corrected chi connectivity index (χ0v) is 12.6. The van der Waals surface area contributed by atoms with Gasteiger partial charge in [0.25, 0.3) is 0 Å². The Labute approximate surface area is 127 Å². The molecule has 3 heteroatoms. The van der Waals surface area contributed by atoms with Gasteiger partial charge in [0.15, 0.2) is 0 Å². The Morgan fingerprint density at radius 1 is 1.14 bits per heavy atom. The number of piperidine rings is 1. The highest BCUT2D eigenvalue weighted by atomic mass is 15.2. The minimum atomic E-state index is 0.567. The first kappa shape index (κ1) is 13.9. The molecule has 0 radical (unpaired) electrons. The monoisotopic (exact) mass is 281 g/mol. The summed E-state index contributed by atoms with van der Waals surface area (Å²) in [7, 11) is 0. The third-order valence-electron chi connectivity index (χ3n) is 4.17. The van der Waals surface area contributed by atoms with Gasteiger partial charge in [0.1, 0.15) is 5.82 Å². The molecule has 1 aliphatic heterocycles. The average molecular weight is 281 g/mol. The lowest BCUT2D eigenvalue weighted by Crippen LogP contribution is -2.39. The van der Waals surface area contributed by atoms with E-state index in [1.807, 2.05) is 12.3 Å². The Morgan fingerprint density at radius 3 is 2.71 bits per heavy atom. The van der Waals surface area contributed by atoms with Crippen molar-refractivity contribution in [2.45, 2.75) is 32.2 Å². The van der Waals surface area contributed by atoms with Gasteiger partial charge in [0.05, 0.1) is 0 Å². The van der Waals surface area contributed by atoms with E-state index >= 15 is 0 Å². The van der Waals surface area contributed by atoms with Gasteiger partial charge in [-0.3, -0.25) is 0 Å². The Morgan fingerprint density at radius 2 is 2.00 bits per heavy atom. The van der Waals surface area contributed by atoms with Crippen molar-refractivity contribution in [3.63, 3.8) is 0 Å².